The van der Waals surface area contributed by atoms with Crippen LogP contribution in [0.1, 0.15) is 18.9 Å². The summed E-state index contributed by atoms with van der Waals surface area (Å²) in [5, 5.41) is 2.48. The molecule has 19 heavy (non-hydrogen) atoms. The molecule has 1 heterocycles. The second kappa shape index (κ2) is 5.34. The molecule has 0 aliphatic carbocycles. The summed E-state index contributed by atoms with van der Waals surface area (Å²) in [4.78, 5) is 24.7. The zero-order chi connectivity index (χ0) is 14.0. The third-order valence-electron chi connectivity index (χ3n) is 3.05. The summed E-state index contributed by atoms with van der Waals surface area (Å²) in [5.41, 5.74) is 0.368. The van der Waals surface area contributed by atoms with Crippen molar-refractivity contribution in [3.05, 3.63) is 35.4 Å². The van der Waals surface area contributed by atoms with E-state index in [-0.39, 0.29) is 37.4 Å². The van der Waals surface area contributed by atoms with Crippen LogP contribution in [-0.2, 0) is 16.1 Å². The van der Waals surface area contributed by atoms with Crippen LogP contribution in [0, 0.1) is 11.6 Å². The molecular weight excluding hydrogens is 254 g/mol. The van der Waals surface area contributed by atoms with Gasteiger partial charge in [0.25, 0.3) is 0 Å². The summed E-state index contributed by atoms with van der Waals surface area (Å²) in [5.74, 6) is -1.82. The molecule has 1 atom stereocenters. The summed E-state index contributed by atoms with van der Waals surface area (Å²) < 4.78 is 26.2. The van der Waals surface area contributed by atoms with Crippen molar-refractivity contribution in [3.63, 3.8) is 0 Å². The number of carbonyl (C=O) groups excluding carboxylic acids is 2. The van der Waals surface area contributed by atoms with Crippen LogP contribution in [-0.4, -0.2) is 29.3 Å². The molecule has 6 heteroatoms. The lowest BCUT2D eigenvalue weighted by molar-refractivity contribution is -0.132. The van der Waals surface area contributed by atoms with Crippen molar-refractivity contribution in [3.8, 4) is 0 Å². The average molecular weight is 268 g/mol. The highest BCUT2D eigenvalue weighted by Gasteiger charge is 2.26. The molecule has 1 aliphatic heterocycles. The van der Waals surface area contributed by atoms with Crippen molar-refractivity contribution < 1.29 is 18.4 Å². The second-order valence-corrected chi connectivity index (χ2v) is 4.63. The van der Waals surface area contributed by atoms with Gasteiger partial charge in [0, 0.05) is 25.1 Å². The summed E-state index contributed by atoms with van der Waals surface area (Å²) >= 11 is 0. The third kappa shape index (κ3) is 3.27. The van der Waals surface area contributed by atoms with Crippen LogP contribution in [0.25, 0.3) is 0 Å². The van der Waals surface area contributed by atoms with E-state index in [1.54, 1.807) is 6.92 Å². The Balaban J connectivity index is 2.19. The average Bonchev–Trinajstić information content (AvgIpc) is 2.41. The molecule has 1 unspecified atom stereocenters. The lowest BCUT2D eigenvalue weighted by atomic mass is 10.1. The largest absolute Gasteiger partial charge is 0.347 e. The summed E-state index contributed by atoms with van der Waals surface area (Å²) in [6.07, 6.45) is 0.184. The first-order valence-electron chi connectivity index (χ1n) is 5.97. The molecule has 1 aromatic rings. The number of halogens is 2. The maximum absolute atomic E-state index is 13.1. The topological polar surface area (TPSA) is 49.4 Å². The van der Waals surface area contributed by atoms with Crippen LogP contribution in [0.5, 0.6) is 0 Å². The quantitative estimate of drug-likeness (QED) is 0.876. The van der Waals surface area contributed by atoms with E-state index in [4.69, 9.17) is 0 Å². The number of carbonyl (C=O) groups is 2. The van der Waals surface area contributed by atoms with Gasteiger partial charge >= 0.3 is 0 Å². The Bertz CT molecular complexity index is 499. The third-order valence-corrected chi connectivity index (χ3v) is 3.05. The highest BCUT2D eigenvalue weighted by Crippen LogP contribution is 2.15. The molecule has 0 aromatic heterocycles. The van der Waals surface area contributed by atoms with Gasteiger partial charge in [-0.25, -0.2) is 8.78 Å². The Morgan fingerprint density at radius 3 is 2.53 bits per heavy atom. The fraction of sp³-hybridized carbons (Fsp3) is 0.385. The molecule has 1 aromatic carbocycles. The van der Waals surface area contributed by atoms with Crippen LogP contribution >= 0.6 is 0 Å². The zero-order valence-electron chi connectivity index (χ0n) is 10.5. The maximum Gasteiger partial charge on any atom is 0.242 e. The predicted octanol–water partition coefficient (Wildman–Crippen LogP) is 1.20. The van der Waals surface area contributed by atoms with Crippen molar-refractivity contribution in [1.82, 2.24) is 10.2 Å². The number of hydrogen-bond acceptors (Lipinski definition) is 2. The van der Waals surface area contributed by atoms with Gasteiger partial charge in [-0.15, -0.1) is 0 Å². The number of nitrogens with one attached hydrogen (secondary N) is 1. The minimum Gasteiger partial charge on any atom is -0.347 e. The number of nitrogens with zero attached hydrogens (tertiary/aromatic N) is 1. The van der Waals surface area contributed by atoms with Gasteiger partial charge in [-0.05, 0) is 24.6 Å². The monoisotopic (exact) mass is 268 g/mol. The molecule has 1 aliphatic rings. The summed E-state index contributed by atoms with van der Waals surface area (Å²) in [6, 6.07) is 2.84. The highest BCUT2D eigenvalue weighted by molar-refractivity contribution is 5.87. The smallest absolute Gasteiger partial charge is 0.242 e. The molecule has 0 bridgehead atoms. The first kappa shape index (κ1) is 13.5. The van der Waals surface area contributed by atoms with Crippen LogP contribution in [0.15, 0.2) is 18.2 Å². The van der Waals surface area contributed by atoms with E-state index >= 15 is 0 Å². The van der Waals surface area contributed by atoms with Crippen LogP contribution < -0.4 is 5.32 Å². The van der Waals surface area contributed by atoms with Crippen molar-refractivity contribution >= 4 is 11.8 Å². The van der Waals surface area contributed by atoms with Crippen LogP contribution in [0.4, 0.5) is 8.78 Å². The fourth-order valence-electron chi connectivity index (χ4n) is 2.12. The Hall–Kier alpha value is -1.98. The molecule has 1 saturated heterocycles. The van der Waals surface area contributed by atoms with E-state index in [0.29, 0.717) is 5.56 Å². The van der Waals surface area contributed by atoms with E-state index < -0.39 is 11.6 Å². The minimum absolute atomic E-state index is 0.0824. The predicted molar refractivity (Wildman–Crippen MR) is 64.0 cm³/mol. The zero-order valence-corrected chi connectivity index (χ0v) is 10.5. The number of benzene rings is 1. The lowest BCUT2D eigenvalue weighted by Gasteiger charge is -2.26. The Kier molecular flexibility index (Phi) is 3.78. The highest BCUT2D eigenvalue weighted by atomic mass is 19.1. The van der Waals surface area contributed by atoms with Gasteiger partial charge in [0.15, 0.2) is 0 Å². The molecule has 2 rings (SSSR count). The first-order valence-corrected chi connectivity index (χ1v) is 5.97. The van der Waals surface area contributed by atoms with Gasteiger partial charge in [0.1, 0.15) is 11.6 Å². The minimum atomic E-state index is -0.681. The van der Waals surface area contributed by atoms with Crippen molar-refractivity contribution in [2.45, 2.75) is 25.9 Å². The Morgan fingerprint density at radius 1 is 1.26 bits per heavy atom. The van der Waals surface area contributed by atoms with Crippen molar-refractivity contribution in [2.24, 2.45) is 0 Å². The number of hydrogen-bond donors (Lipinski definition) is 1. The van der Waals surface area contributed by atoms with E-state index in [1.807, 2.05) is 0 Å². The summed E-state index contributed by atoms with van der Waals surface area (Å²) in [7, 11) is 0. The number of rotatable bonds is 2. The second-order valence-electron chi connectivity index (χ2n) is 4.63. The van der Waals surface area contributed by atoms with E-state index in [9.17, 15) is 18.4 Å². The van der Waals surface area contributed by atoms with Gasteiger partial charge in [-0.3, -0.25) is 9.59 Å². The van der Waals surface area contributed by atoms with Gasteiger partial charge in [0.2, 0.25) is 11.8 Å². The van der Waals surface area contributed by atoms with Crippen LogP contribution in [0.2, 0.25) is 0 Å². The molecule has 0 saturated carbocycles. The Labute approximate surface area is 109 Å². The molecule has 0 radical (unpaired) electrons. The van der Waals surface area contributed by atoms with Gasteiger partial charge in [0.05, 0.1) is 6.54 Å². The summed E-state index contributed by atoms with van der Waals surface area (Å²) in [6.45, 7) is 1.74. The standard InChI is InChI=1S/C13H14F2N2O2/c1-8-2-12(18)16-6-13(19)17(8)7-9-3-10(14)5-11(15)4-9/h3-5,8H,2,6-7H2,1H3,(H,16,18). The molecule has 4 nitrogen and oxygen atoms in total. The first-order chi connectivity index (χ1) is 8.95. The fourth-order valence-corrected chi connectivity index (χ4v) is 2.12. The van der Waals surface area contributed by atoms with Gasteiger partial charge in [-0.2, -0.15) is 0 Å². The normalized spacial score (nSPS) is 20.2. The SMILES string of the molecule is CC1CC(=O)NCC(=O)N1Cc1cc(F)cc(F)c1. The number of amides is 2. The molecule has 1 fully saturated rings. The van der Waals surface area contributed by atoms with Gasteiger partial charge in [-0.1, -0.05) is 0 Å². The molecule has 102 valence electrons. The van der Waals surface area contributed by atoms with Crippen molar-refractivity contribution in [2.75, 3.05) is 6.54 Å². The van der Waals surface area contributed by atoms with E-state index in [1.165, 1.54) is 17.0 Å². The van der Waals surface area contributed by atoms with Gasteiger partial charge < -0.3 is 10.2 Å². The van der Waals surface area contributed by atoms with E-state index in [0.717, 1.165) is 6.07 Å². The molecule has 0 spiro atoms. The molecular formula is C13H14F2N2O2. The van der Waals surface area contributed by atoms with Crippen molar-refractivity contribution in [1.29, 1.82) is 0 Å². The molecule has 2 amide bonds. The maximum atomic E-state index is 13.1. The van der Waals surface area contributed by atoms with E-state index in [2.05, 4.69) is 5.32 Å². The Morgan fingerprint density at radius 2 is 1.89 bits per heavy atom. The lowest BCUT2D eigenvalue weighted by Crippen LogP contribution is -2.39. The van der Waals surface area contributed by atoms with Crippen LogP contribution in [0.3, 0.4) is 0 Å². The molecule has 1 N–H and O–H groups in total.